The molecule has 2 heterocycles. The Morgan fingerprint density at radius 2 is 2.03 bits per heavy atom. The molecular formula is C21H24ClF2N3O4S. The summed E-state index contributed by atoms with van der Waals surface area (Å²) in [6.07, 6.45) is 4.41. The average Bonchev–Trinajstić information content (AvgIpc) is 3.16. The number of alkyl halides is 2. The number of rotatable bonds is 7. The van der Waals surface area contributed by atoms with Crippen LogP contribution in [0, 0.1) is 5.92 Å². The van der Waals surface area contributed by atoms with Gasteiger partial charge in [-0.2, -0.15) is 8.78 Å². The van der Waals surface area contributed by atoms with Gasteiger partial charge in [-0.25, -0.2) is 18.1 Å². The van der Waals surface area contributed by atoms with E-state index < -0.39 is 22.5 Å². The Labute approximate surface area is 190 Å². The molecule has 1 amide bonds. The van der Waals surface area contributed by atoms with Crippen LogP contribution in [0.15, 0.2) is 30.5 Å². The summed E-state index contributed by atoms with van der Waals surface area (Å²) in [4.78, 5) is 18.8. The molecular weight excluding hydrogens is 464 g/mol. The highest BCUT2D eigenvalue weighted by Gasteiger charge is 2.29. The molecule has 0 aliphatic carbocycles. The average molecular weight is 488 g/mol. The molecule has 3 rings (SSSR count). The Bertz CT molecular complexity index is 1110. The summed E-state index contributed by atoms with van der Waals surface area (Å²) in [6, 6.07) is 5.68. The van der Waals surface area contributed by atoms with Gasteiger partial charge in [-0.3, -0.25) is 4.79 Å². The molecule has 2 aromatic rings. The second kappa shape index (κ2) is 9.58. The maximum Gasteiger partial charge on any atom is 0.387 e. The standard InChI is InChI=1S/C21H24ClF2N3O4S/c1-12(2)17-5-4-8-27(17)19-16(22)9-14(11-25-19)15-7-6-13(10-18(15)31-21(23)24)20(28)26-32(3,29)30/h6-7,9-12,17,21H,4-5,8H2,1-3H3,(H,26,28)/t17-/m0/s1. The quantitative estimate of drug-likeness (QED) is 0.625. The summed E-state index contributed by atoms with van der Waals surface area (Å²) in [5.74, 6) is -0.203. The van der Waals surface area contributed by atoms with E-state index in [1.54, 1.807) is 10.8 Å². The van der Waals surface area contributed by atoms with Gasteiger partial charge in [0.25, 0.3) is 5.91 Å². The molecule has 1 aromatic heterocycles. The molecule has 1 aromatic carbocycles. The highest BCUT2D eigenvalue weighted by atomic mass is 35.5. The van der Waals surface area contributed by atoms with E-state index in [9.17, 15) is 22.0 Å². The largest absolute Gasteiger partial charge is 0.434 e. The Hall–Kier alpha value is -2.46. The molecule has 1 fully saturated rings. The fraction of sp³-hybridized carbons (Fsp3) is 0.429. The van der Waals surface area contributed by atoms with Crippen LogP contribution >= 0.6 is 11.6 Å². The summed E-state index contributed by atoms with van der Waals surface area (Å²) in [5, 5.41) is 0.372. The van der Waals surface area contributed by atoms with Crippen molar-refractivity contribution in [3.05, 3.63) is 41.0 Å². The molecule has 7 nitrogen and oxygen atoms in total. The molecule has 1 N–H and O–H groups in total. The summed E-state index contributed by atoms with van der Waals surface area (Å²) in [7, 11) is -3.82. The lowest BCUT2D eigenvalue weighted by atomic mass is 10.0. The van der Waals surface area contributed by atoms with E-state index in [1.807, 2.05) is 0 Å². The van der Waals surface area contributed by atoms with Crippen LogP contribution in [0.4, 0.5) is 14.6 Å². The van der Waals surface area contributed by atoms with Crippen LogP contribution in [-0.4, -0.2) is 44.8 Å². The molecule has 1 atom stereocenters. The van der Waals surface area contributed by atoms with Crippen molar-refractivity contribution in [3.63, 3.8) is 0 Å². The Kier molecular flexibility index (Phi) is 7.24. The van der Waals surface area contributed by atoms with Crippen LogP contribution in [0.1, 0.15) is 37.0 Å². The normalized spacial score (nSPS) is 16.6. The first-order chi connectivity index (χ1) is 15.0. The van der Waals surface area contributed by atoms with Gasteiger partial charge in [0.15, 0.2) is 0 Å². The van der Waals surface area contributed by atoms with Crippen molar-refractivity contribution >= 4 is 33.3 Å². The number of hydrogen-bond donors (Lipinski definition) is 1. The summed E-state index contributed by atoms with van der Waals surface area (Å²) in [5.41, 5.74) is 0.510. The van der Waals surface area contributed by atoms with Gasteiger partial charge in [0, 0.05) is 35.5 Å². The lowest BCUT2D eigenvalue weighted by molar-refractivity contribution is -0.0495. The second-order valence-corrected chi connectivity index (χ2v) is 10.1. The first-order valence-electron chi connectivity index (χ1n) is 10.00. The van der Waals surface area contributed by atoms with Crippen molar-refractivity contribution in [2.24, 2.45) is 5.92 Å². The van der Waals surface area contributed by atoms with Gasteiger partial charge in [0.1, 0.15) is 11.6 Å². The lowest BCUT2D eigenvalue weighted by Crippen LogP contribution is -2.34. The molecule has 0 spiro atoms. The Morgan fingerprint density at radius 1 is 1.31 bits per heavy atom. The topological polar surface area (TPSA) is 88.6 Å². The zero-order valence-electron chi connectivity index (χ0n) is 17.8. The van der Waals surface area contributed by atoms with E-state index in [1.165, 1.54) is 18.3 Å². The molecule has 1 aliphatic heterocycles. The third-order valence-electron chi connectivity index (χ3n) is 5.21. The van der Waals surface area contributed by atoms with E-state index in [4.69, 9.17) is 11.6 Å². The first-order valence-corrected chi connectivity index (χ1v) is 12.3. The molecule has 0 bridgehead atoms. The second-order valence-electron chi connectivity index (χ2n) is 7.97. The maximum atomic E-state index is 13.0. The number of nitrogens with one attached hydrogen (secondary N) is 1. The fourth-order valence-electron chi connectivity index (χ4n) is 3.86. The van der Waals surface area contributed by atoms with Crippen molar-refractivity contribution in [2.75, 3.05) is 17.7 Å². The Morgan fingerprint density at radius 3 is 2.62 bits per heavy atom. The van der Waals surface area contributed by atoms with E-state index in [0.717, 1.165) is 31.7 Å². The van der Waals surface area contributed by atoms with Gasteiger partial charge in [0.05, 0.1) is 11.3 Å². The summed E-state index contributed by atoms with van der Waals surface area (Å²) >= 11 is 6.52. The molecule has 0 radical (unpaired) electrons. The number of hydrogen-bond acceptors (Lipinski definition) is 6. The van der Waals surface area contributed by atoms with E-state index >= 15 is 0 Å². The van der Waals surface area contributed by atoms with E-state index in [2.05, 4.69) is 28.5 Å². The van der Waals surface area contributed by atoms with Gasteiger partial charge in [-0.15, -0.1) is 0 Å². The smallest absolute Gasteiger partial charge is 0.387 e. The van der Waals surface area contributed by atoms with Crippen molar-refractivity contribution < 1.29 is 26.7 Å². The highest BCUT2D eigenvalue weighted by molar-refractivity contribution is 7.89. The number of aromatic nitrogens is 1. The molecule has 0 unspecified atom stereocenters. The Balaban J connectivity index is 1.97. The summed E-state index contributed by atoms with van der Waals surface area (Å²) in [6.45, 7) is 1.96. The molecule has 1 saturated heterocycles. The van der Waals surface area contributed by atoms with E-state index in [-0.39, 0.29) is 16.9 Å². The van der Waals surface area contributed by atoms with Gasteiger partial charge in [-0.1, -0.05) is 25.4 Å². The third kappa shape index (κ3) is 5.66. The number of carbonyl (C=O) groups excluding carboxylic acids is 1. The zero-order chi connectivity index (χ0) is 23.6. The van der Waals surface area contributed by atoms with Crippen LogP contribution in [-0.2, 0) is 10.0 Å². The number of halogens is 3. The molecule has 1 aliphatic rings. The van der Waals surface area contributed by atoms with Crippen molar-refractivity contribution in [1.29, 1.82) is 0 Å². The SMILES string of the molecule is CC(C)[C@@H]1CCCN1c1ncc(-c2ccc(C(=O)NS(C)(=O)=O)cc2OC(F)F)cc1Cl. The molecule has 32 heavy (non-hydrogen) atoms. The van der Waals surface area contributed by atoms with Gasteiger partial charge < -0.3 is 9.64 Å². The number of benzene rings is 1. The minimum Gasteiger partial charge on any atom is -0.434 e. The van der Waals surface area contributed by atoms with Crippen LogP contribution in [0.2, 0.25) is 5.02 Å². The van der Waals surface area contributed by atoms with Crippen LogP contribution in [0.3, 0.4) is 0 Å². The van der Waals surface area contributed by atoms with E-state index in [0.29, 0.717) is 28.4 Å². The predicted molar refractivity (Wildman–Crippen MR) is 119 cm³/mol. The minimum atomic E-state index is -3.82. The number of anilines is 1. The van der Waals surface area contributed by atoms with Gasteiger partial charge >= 0.3 is 6.61 Å². The summed E-state index contributed by atoms with van der Waals surface area (Å²) < 4.78 is 55.0. The first kappa shape index (κ1) is 24.2. The molecule has 11 heteroatoms. The van der Waals surface area contributed by atoms with Crippen molar-refractivity contribution in [1.82, 2.24) is 9.71 Å². The third-order valence-corrected chi connectivity index (χ3v) is 6.05. The number of sulfonamides is 1. The fourth-order valence-corrected chi connectivity index (χ4v) is 4.59. The number of amides is 1. The highest BCUT2D eigenvalue weighted by Crippen LogP contribution is 2.38. The van der Waals surface area contributed by atoms with Crippen molar-refractivity contribution in [2.45, 2.75) is 39.3 Å². The number of nitrogens with zero attached hydrogens (tertiary/aromatic N) is 2. The van der Waals surface area contributed by atoms with Crippen LogP contribution in [0.25, 0.3) is 11.1 Å². The number of ether oxygens (including phenoxy) is 1. The molecule has 174 valence electrons. The van der Waals surface area contributed by atoms with Crippen LogP contribution < -0.4 is 14.4 Å². The maximum absolute atomic E-state index is 13.0. The van der Waals surface area contributed by atoms with Crippen molar-refractivity contribution in [3.8, 4) is 16.9 Å². The molecule has 0 saturated carbocycles. The van der Waals surface area contributed by atoms with Gasteiger partial charge in [-0.05, 0) is 43.0 Å². The predicted octanol–water partition coefficient (Wildman–Crippen LogP) is 4.32. The van der Waals surface area contributed by atoms with Crippen LogP contribution in [0.5, 0.6) is 5.75 Å². The number of carbonyl (C=O) groups is 1. The minimum absolute atomic E-state index is 0.151. The monoisotopic (exact) mass is 487 g/mol. The lowest BCUT2D eigenvalue weighted by Gasteiger charge is -2.29. The van der Waals surface area contributed by atoms with Gasteiger partial charge in [0.2, 0.25) is 10.0 Å². The number of pyridine rings is 1. The zero-order valence-corrected chi connectivity index (χ0v) is 19.4.